The van der Waals surface area contributed by atoms with Crippen molar-refractivity contribution in [3.8, 4) is 0 Å². The molecule has 1 heterocycles. The van der Waals surface area contributed by atoms with Crippen LogP contribution in [0.3, 0.4) is 0 Å². The van der Waals surface area contributed by atoms with Crippen molar-refractivity contribution in [2.24, 2.45) is 0 Å². The second-order valence-electron chi connectivity index (χ2n) is 3.88. The number of benzene rings is 1. The van der Waals surface area contributed by atoms with Crippen molar-refractivity contribution in [1.82, 2.24) is 4.31 Å². The van der Waals surface area contributed by atoms with Gasteiger partial charge >= 0.3 is 0 Å². The Kier molecular flexibility index (Phi) is 3.15. The Morgan fingerprint density at radius 3 is 2.53 bits per heavy atom. The van der Waals surface area contributed by atoms with Crippen LogP contribution in [0.2, 0.25) is 0 Å². The first-order valence-electron chi connectivity index (χ1n) is 5.04. The van der Waals surface area contributed by atoms with Crippen molar-refractivity contribution >= 4 is 10.0 Å². The lowest BCUT2D eigenvalue weighted by Gasteiger charge is -2.15. The maximum atomic E-state index is 13.0. The molecule has 1 aliphatic rings. The van der Waals surface area contributed by atoms with Crippen LogP contribution in [0.5, 0.6) is 0 Å². The Morgan fingerprint density at radius 2 is 2.00 bits per heavy atom. The topological polar surface area (TPSA) is 57.6 Å². The summed E-state index contributed by atoms with van der Waals surface area (Å²) in [6.07, 6.45) is -0.349. The molecule has 0 spiro atoms. The molecule has 7 heteroatoms. The first kappa shape index (κ1) is 12.4. The molecule has 0 amide bonds. The van der Waals surface area contributed by atoms with E-state index in [2.05, 4.69) is 0 Å². The number of aliphatic hydroxyl groups excluding tert-OH is 1. The van der Waals surface area contributed by atoms with Gasteiger partial charge < -0.3 is 5.11 Å². The minimum absolute atomic E-state index is 0.0126. The van der Waals surface area contributed by atoms with Gasteiger partial charge in [0.1, 0.15) is 0 Å². The molecule has 2 rings (SSSR count). The molecule has 1 atom stereocenters. The third kappa shape index (κ3) is 2.31. The summed E-state index contributed by atoms with van der Waals surface area (Å²) in [6, 6.07) is 2.43. The number of sulfonamides is 1. The number of rotatable bonds is 2. The number of aliphatic hydroxyl groups is 1. The predicted octanol–water partition coefficient (Wildman–Crippen LogP) is 0.720. The fourth-order valence-electron chi connectivity index (χ4n) is 1.72. The highest BCUT2D eigenvalue weighted by Crippen LogP contribution is 2.22. The van der Waals surface area contributed by atoms with E-state index in [-0.39, 0.29) is 18.0 Å². The van der Waals surface area contributed by atoms with E-state index < -0.39 is 27.8 Å². The van der Waals surface area contributed by atoms with Gasteiger partial charge in [0.15, 0.2) is 11.6 Å². The maximum absolute atomic E-state index is 13.0. The highest BCUT2D eigenvalue weighted by molar-refractivity contribution is 7.89. The number of halogens is 2. The fraction of sp³-hybridized carbons (Fsp3) is 0.400. The summed E-state index contributed by atoms with van der Waals surface area (Å²) >= 11 is 0. The van der Waals surface area contributed by atoms with E-state index in [1.807, 2.05) is 0 Å². The molecule has 0 aliphatic carbocycles. The van der Waals surface area contributed by atoms with Crippen LogP contribution in [0.25, 0.3) is 0 Å². The Bertz CT molecular complexity index is 532. The summed E-state index contributed by atoms with van der Waals surface area (Å²) in [5, 5.41) is 9.27. The van der Waals surface area contributed by atoms with Crippen molar-refractivity contribution in [2.75, 3.05) is 13.1 Å². The molecule has 1 unspecified atom stereocenters. The lowest BCUT2D eigenvalue weighted by molar-refractivity contribution is 0.189. The number of β-amino-alcohol motifs (C(OH)–C–C–N with tert-alkyl or cyclic N) is 1. The van der Waals surface area contributed by atoms with Crippen molar-refractivity contribution in [1.29, 1.82) is 0 Å². The minimum Gasteiger partial charge on any atom is -0.392 e. The van der Waals surface area contributed by atoms with E-state index in [1.54, 1.807) is 0 Å². The average Bonchev–Trinajstić information content (AvgIpc) is 2.69. The van der Waals surface area contributed by atoms with Crippen LogP contribution in [-0.4, -0.2) is 37.0 Å². The second kappa shape index (κ2) is 4.32. The van der Waals surface area contributed by atoms with Crippen LogP contribution in [0.4, 0.5) is 8.78 Å². The molecule has 1 fully saturated rings. The Morgan fingerprint density at radius 1 is 1.29 bits per heavy atom. The predicted molar refractivity (Wildman–Crippen MR) is 55.7 cm³/mol. The van der Waals surface area contributed by atoms with E-state index in [0.29, 0.717) is 12.5 Å². The van der Waals surface area contributed by atoms with Gasteiger partial charge in [0, 0.05) is 13.1 Å². The lowest BCUT2D eigenvalue weighted by Crippen LogP contribution is -2.29. The first-order valence-corrected chi connectivity index (χ1v) is 6.48. The molecule has 94 valence electrons. The molecule has 1 aromatic rings. The summed E-state index contributed by atoms with van der Waals surface area (Å²) in [7, 11) is -3.84. The zero-order chi connectivity index (χ0) is 12.6. The van der Waals surface area contributed by atoms with Crippen LogP contribution in [0.1, 0.15) is 6.42 Å². The summed E-state index contributed by atoms with van der Waals surface area (Å²) in [4.78, 5) is -0.300. The fourth-order valence-corrected chi connectivity index (χ4v) is 3.22. The summed E-state index contributed by atoms with van der Waals surface area (Å²) in [5.74, 6) is -2.30. The molecular weight excluding hydrogens is 252 g/mol. The molecule has 0 radical (unpaired) electrons. The van der Waals surface area contributed by atoms with Gasteiger partial charge in [-0.2, -0.15) is 4.31 Å². The molecular formula is C10H11F2NO3S. The van der Waals surface area contributed by atoms with Gasteiger partial charge in [-0.15, -0.1) is 0 Å². The Labute approximate surface area is 97.5 Å². The lowest BCUT2D eigenvalue weighted by atomic mass is 10.3. The van der Waals surface area contributed by atoms with E-state index in [4.69, 9.17) is 0 Å². The number of hydrogen-bond acceptors (Lipinski definition) is 3. The highest BCUT2D eigenvalue weighted by Gasteiger charge is 2.31. The van der Waals surface area contributed by atoms with Gasteiger partial charge in [0.05, 0.1) is 11.0 Å². The van der Waals surface area contributed by atoms with E-state index >= 15 is 0 Å². The zero-order valence-electron chi connectivity index (χ0n) is 8.81. The second-order valence-corrected chi connectivity index (χ2v) is 5.82. The zero-order valence-corrected chi connectivity index (χ0v) is 9.62. The van der Waals surface area contributed by atoms with Gasteiger partial charge in [-0.3, -0.25) is 0 Å². The minimum atomic E-state index is -3.84. The largest absolute Gasteiger partial charge is 0.392 e. The average molecular weight is 263 g/mol. The van der Waals surface area contributed by atoms with Gasteiger partial charge in [-0.25, -0.2) is 17.2 Å². The summed E-state index contributed by atoms with van der Waals surface area (Å²) < 4.78 is 50.7. The molecule has 17 heavy (non-hydrogen) atoms. The van der Waals surface area contributed by atoms with Crippen LogP contribution in [0, 0.1) is 11.6 Å². The summed E-state index contributed by atoms with van der Waals surface area (Å²) in [6.45, 7) is 0.170. The van der Waals surface area contributed by atoms with Crippen molar-refractivity contribution in [3.63, 3.8) is 0 Å². The van der Waals surface area contributed by atoms with Gasteiger partial charge in [-0.05, 0) is 24.6 Å². The molecule has 1 N–H and O–H groups in total. The van der Waals surface area contributed by atoms with Crippen molar-refractivity contribution in [2.45, 2.75) is 17.4 Å². The van der Waals surface area contributed by atoms with Crippen LogP contribution >= 0.6 is 0 Å². The number of nitrogens with zero attached hydrogens (tertiary/aromatic N) is 1. The summed E-state index contributed by atoms with van der Waals surface area (Å²) in [5.41, 5.74) is 0. The maximum Gasteiger partial charge on any atom is 0.243 e. The first-order chi connectivity index (χ1) is 7.91. The van der Waals surface area contributed by atoms with E-state index in [0.717, 1.165) is 16.4 Å². The highest BCUT2D eigenvalue weighted by atomic mass is 32.2. The third-order valence-corrected chi connectivity index (χ3v) is 4.52. The third-order valence-electron chi connectivity index (χ3n) is 2.65. The van der Waals surface area contributed by atoms with Crippen LogP contribution < -0.4 is 0 Å². The monoisotopic (exact) mass is 263 g/mol. The molecule has 0 bridgehead atoms. The molecule has 1 saturated heterocycles. The Hall–Kier alpha value is -1.05. The molecule has 0 saturated carbocycles. The van der Waals surface area contributed by atoms with Crippen molar-refractivity contribution < 1.29 is 22.3 Å². The standard InChI is InChI=1S/C10H11F2NO3S/c11-9-2-1-8(5-10(9)12)17(15,16)13-4-3-7(14)6-13/h1-2,5,7,14H,3-4,6H2. The van der Waals surface area contributed by atoms with E-state index in [1.165, 1.54) is 0 Å². The SMILES string of the molecule is O=S(=O)(c1ccc(F)c(F)c1)N1CCC(O)C1. The van der Waals surface area contributed by atoms with Gasteiger partial charge in [0.25, 0.3) is 0 Å². The quantitative estimate of drug-likeness (QED) is 0.855. The molecule has 1 aromatic carbocycles. The molecule has 0 aromatic heterocycles. The number of hydrogen-bond donors (Lipinski definition) is 1. The van der Waals surface area contributed by atoms with Gasteiger partial charge in [0.2, 0.25) is 10.0 Å². The Balaban J connectivity index is 2.35. The normalized spacial score (nSPS) is 21.9. The van der Waals surface area contributed by atoms with Crippen LogP contribution in [-0.2, 0) is 10.0 Å². The van der Waals surface area contributed by atoms with E-state index in [9.17, 15) is 22.3 Å². The van der Waals surface area contributed by atoms with Gasteiger partial charge in [-0.1, -0.05) is 0 Å². The molecule has 1 aliphatic heterocycles. The smallest absolute Gasteiger partial charge is 0.243 e. The van der Waals surface area contributed by atoms with Crippen LogP contribution in [0.15, 0.2) is 23.1 Å². The van der Waals surface area contributed by atoms with Crippen molar-refractivity contribution in [3.05, 3.63) is 29.8 Å². The molecule has 4 nitrogen and oxygen atoms in total.